The van der Waals surface area contributed by atoms with Crippen molar-refractivity contribution in [2.45, 2.75) is 0 Å². The quantitative estimate of drug-likeness (QED) is 0.535. The highest BCUT2D eigenvalue weighted by Crippen LogP contribution is 2.29. The minimum Gasteiger partial charge on any atom is -0.408 e. The molecule has 0 radical (unpaired) electrons. The molecule has 0 bridgehead atoms. The lowest BCUT2D eigenvalue weighted by atomic mass is 10.1. The highest BCUT2D eigenvalue weighted by Gasteiger charge is 2.10. The summed E-state index contributed by atoms with van der Waals surface area (Å²) in [5.74, 6) is 0.271. The lowest BCUT2D eigenvalue weighted by molar-refractivity contribution is 0.555. The Balaban J connectivity index is 1.77. The van der Waals surface area contributed by atoms with E-state index >= 15 is 0 Å². The van der Waals surface area contributed by atoms with E-state index in [-0.39, 0.29) is 5.95 Å². The number of aromatic amines is 1. The van der Waals surface area contributed by atoms with E-state index in [1.165, 1.54) is 0 Å². The van der Waals surface area contributed by atoms with Gasteiger partial charge in [0, 0.05) is 17.4 Å². The SMILES string of the molecule is Nc1ncc(-c2ccccc2)c(Nc2ccc3oc(=O)[nH]c3c2)n1. The summed E-state index contributed by atoms with van der Waals surface area (Å²) in [6, 6.07) is 15.0. The third kappa shape index (κ3) is 2.58. The Morgan fingerprint density at radius 3 is 2.79 bits per heavy atom. The number of benzene rings is 2. The summed E-state index contributed by atoms with van der Waals surface area (Å²) in [7, 11) is 0. The van der Waals surface area contributed by atoms with E-state index in [9.17, 15) is 4.79 Å². The second-order valence-corrected chi connectivity index (χ2v) is 5.21. The van der Waals surface area contributed by atoms with Crippen molar-refractivity contribution in [3.8, 4) is 11.1 Å². The van der Waals surface area contributed by atoms with Crippen molar-refractivity contribution in [3.05, 3.63) is 65.3 Å². The Bertz CT molecular complexity index is 1070. The van der Waals surface area contributed by atoms with E-state index in [0.717, 1.165) is 16.8 Å². The predicted octanol–water partition coefficient (Wildman–Crippen LogP) is 2.90. The van der Waals surface area contributed by atoms with Crippen LogP contribution in [-0.2, 0) is 0 Å². The lowest BCUT2D eigenvalue weighted by Gasteiger charge is -2.11. The van der Waals surface area contributed by atoms with Crippen molar-refractivity contribution in [2.24, 2.45) is 0 Å². The smallest absolute Gasteiger partial charge is 0.408 e. The number of H-pyrrole nitrogens is 1. The van der Waals surface area contributed by atoms with Gasteiger partial charge in [0.05, 0.1) is 5.52 Å². The van der Waals surface area contributed by atoms with E-state index in [1.54, 1.807) is 24.4 Å². The van der Waals surface area contributed by atoms with E-state index in [1.807, 2.05) is 30.3 Å². The fourth-order valence-electron chi connectivity index (χ4n) is 2.49. The summed E-state index contributed by atoms with van der Waals surface area (Å²) in [5, 5.41) is 3.22. The molecule has 4 aromatic rings. The number of nitrogens with one attached hydrogen (secondary N) is 2. The van der Waals surface area contributed by atoms with Crippen LogP contribution in [0.15, 0.2) is 63.9 Å². The number of fused-ring (bicyclic) bond motifs is 1. The van der Waals surface area contributed by atoms with E-state index < -0.39 is 5.76 Å². The molecule has 4 rings (SSSR count). The van der Waals surface area contributed by atoms with Gasteiger partial charge in [0.1, 0.15) is 5.82 Å². The minimum atomic E-state index is -0.488. The van der Waals surface area contributed by atoms with Crippen molar-refractivity contribution < 1.29 is 4.42 Å². The molecule has 2 heterocycles. The van der Waals surface area contributed by atoms with Gasteiger partial charge >= 0.3 is 5.76 Å². The van der Waals surface area contributed by atoms with Crippen LogP contribution in [0.25, 0.3) is 22.2 Å². The highest BCUT2D eigenvalue weighted by molar-refractivity contribution is 5.82. The number of aromatic nitrogens is 3. The fraction of sp³-hybridized carbons (Fsp3) is 0. The van der Waals surface area contributed by atoms with Crippen molar-refractivity contribution in [1.82, 2.24) is 15.0 Å². The number of rotatable bonds is 3. The Morgan fingerprint density at radius 1 is 1.12 bits per heavy atom. The van der Waals surface area contributed by atoms with Crippen LogP contribution >= 0.6 is 0 Å². The number of nitrogen functional groups attached to an aromatic ring is 1. The number of hydrogen-bond donors (Lipinski definition) is 3. The van der Waals surface area contributed by atoms with Gasteiger partial charge < -0.3 is 15.5 Å². The zero-order valence-electron chi connectivity index (χ0n) is 12.5. The largest absolute Gasteiger partial charge is 0.417 e. The first kappa shape index (κ1) is 14.0. The first-order valence-electron chi connectivity index (χ1n) is 7.27. The van der Waals surface area contributed by atoms with Gasteiger partial charge in [-0.3, -0.25) is 4.98 Å². The molecule has 0 aliphatic rings. The van der Waals surface area contributed by atoms with Gasteiger partial charge in [-0.1, -0.05) is 30.3 Å². The molecule has 2 aromatic heterocycles. The summed E-state index contributed by atoms with van der Waals surface area (Å²) in [4.78, 5) is 22.3. The monoisotopic (exact) mass is 319 g/mol. The standard InChI is InChI=1S/C17H13N5O2/c18-16-19-9-12(10-4-2-1-3-5-10)15(22-16)20-11-6-7-14-13(8-11)21-17(23)24-14/h1-9H,(H,21,23)(H3,18,19,20,22). The van der Waals surface area contributed by atoms with Gasteiger partial charge in [-0.05, 0) is 23.8 Å². The third-order valence-electron chi connectivity index (χ3n) is 3.57. The molecule has 0 spiro atoms. The molecule has 0 saturated carbocycles. The molecule has 7 nitrogen and oxygen atoms in total. The summed E-state index contributed by atoms with van der Waals surface area (Å²) in [6.07, 6.45) is 1.68. The van der Waals surface area contributed by atoms with Crippen LogP contribution in [0.3, 0.4) is 0 Å². The molecule has 4 N–H and O–H groups in total. The summed E-state index contributed by atoms with van der Waals surface area (Å²) < 4.78 is 5.00. The second-order valence-electron chi connectivity index (χ2n) is 5.21. The van der Waals surface area contributed by atoms with E-state index in [0.29, 0.717) is 16.9 Å². The zero-order chi connectivity index (χ0) is 16.5. The molecule has 0 amide bonds. The molecule has 24 heavy (non-hydrogen) atoms. The maximum atomic E-state index is 11.3. The number of nitrogens with zero attached hydrogens (tertiary/aromatic N) is 2. The summed E-state index contributed by atoms with van der Waals surface area (Å²) >= 11 is 0. The average Bonchev–Trinajstić information content (AvgIpc) is 2.95. The van der Waals surface area contributed by atoms with Crippen LogP contribution in [0.1, 0.15) is 0 Å². The molecule has 0 saturated heterocycles. The normalized spacial score (nSPS) is 10.8. The number of hydrogen-bond acceptors (Lipinski definition) is 6. The predicted molar refractivity (Wildman–Crippen MR) is 92.0 cm³/mol. The Kier molecular flexibility index (Phi) is 3.24. The highest BCUT2D eigenvalue weighted by atomic mass is 16.4. The molecule has 0 aliphatic carbocycles. The topological polar surface area (TPSA) is 110 Å². The first-order chi connectivity index (χ1) is 11.7. The molecule has 0 unspecified atom stereocenters. The molecule has 0 fully saturated rings. The van der Waals surface area contributed by atoms with Crippen LogP contribution in [0, 0.1) is 0 Å². The van der Waals surface area contributed by atoms with E-state index in [4.69, 9.17) is 10.2 Å². The Morgan fingerprint density at radius 2 is 1.96 bits per heavy atom. The maximum absolute atomic E-state index is 11.3. The number of nitrogens with two attached hydrogens (primary N) is 1. The molecule has 118 valence electrons. The Labute approximate surface area is 136 Å². The van der Waals surface area contributed by atoms with Gasteiger partial charge in [0.15, 0.2) is 5.58 Å². The molecule has 0 aliphatic heterocycles. The number of anilines is 3. The lowest BCUT2D eigenvalue weighted by Crippen LogP contribution is -2.02. The molecule has 0 atom stereocenters. The first-order valence-corrected chi connectivity index (χ1v) is 7.27. The zero-order valence-corrected chi connectivity index (χ0v) is 12.5. The van der Waals surface area contributed by atoms with Crippen molar-refractivity contribution in [1.29, 1.82) is 0 Å². The van der Waals surface area contributed by atoms with Crippen LogP contribution in [0.2, 0.25) is 0 Å². The molecule has 2 aromatic carbocycles. The second kappa shape index (κ2) is 5.54. The Hall–Kier alpha value is -3.61. The van der Waals surface area contributed by atoms with Crippen LogP contribution in [-0.4, -0.2) is 15.0 Å². The fourth-order valence-corrected chi connectivity index (χ4v) is 2.49. The molecular weight excluding hydrogens is 306 g/mol. The van der Waals surface area contributed by atoms with Crippen molar-refractivity contribution >= 4 is 28.6 Å². The van der Waals surface area contributed by atoms with Crippen LogP contribution in [0.4, 0.5) is 17.5 Å². The van der Waals surface area contributed by atoms with Gasteiger partial charge in [-0.2, -0.15) is 4.98 Å². The number of oxazole rings is 1. The minimum absolute atomic E-state index is 0.176. The van der Waals surface area contributed by atoms with Crippen LogP contribution < -0.4 is 16.8 Å². The maximum Gasteiger partial charge on any atom is 0.417 e. The van der Waals surface area contributed by atoms with Crippen molar-refractivity contribution in [3.63, 3.8) is 0 Å². The summed E-state index contributed by atoms with van der Waals surface area (Å²) in [5.41, 5.74) is 9.37. The van der Waals surface area contributed by atoms with Gasteiger partial charge in [-0.25, -0.2) is 9.78 Å². The van der Waals surface area contributed by atoms with Gasteiger partial charge in [0.2, 0.25) is 5.95 Å². The van der Waals surface area contributed by atoms with Crippen LogP contribution in [0.5, 0.6) is 0 Å². The third-order valence-corrected chi connectivity index (χ3v) is 3.57. The molecular formula is C17H13N5O2. The van der Waals surface area contributed by atoms with Crippen molar-refractivity contribution in [2.75, 3.05) is 11.1 Å². The van der Waals surface area contributed by atoms with E-state index in [2.05, 4.69) is 20.3 Å². The average molecular weight is 319 g/mol. The molecule has 7 heteroatoms. The van der Waals surface area contributed by atoms with Gasteiger partial charge in [0.25, 0.3) is 0 Å². The van der Waals surface area contributed by atoms with Gasteiger partial charge in [-0.15, -0.1) is 0 Å². The summed E-state index contributed by atoms with van der Waals surface area (Å²) in [6.45, 7) is 0.